The number of anilines is 1. The van der Waals surface area contributed by atoms with Gasteiger partial charge in [0.25, 0.3) is 11.6 Å². The van der Waals surface area contributed by atoms with Gasteiger partial charge in [-0.25, -0.2) is 0 Å². The number of carbonyl (C=O) groups excluding carboxylic acids is 1. The predicted octanol–water partition coefficient (Wildman–Crippen LogP) is 4.45. The normalized spacial score (nSPS) is 10.3. The molecular weight excluding hydrogens is 344 g/mol. The van der Waals surface area contributed by atoms with Crippen LogP contribution in [0.25, 0.3) is 0 Å². The molecular formula is C21H18N2O4. The van der Waals surface area contributed by atoms with E-state index in [0.29, 0.717) is 17.9 Å². The molecule has 0 saturated carbocycles. The van der Waals surface area contributed by atoms with Crippen molar-refractivity contribution in [3.05, 3.63) is 99.6 Å². The van der Waals surface area contributed by atoms with Crippen LogP contribution < -0.4 is 10.1 Å². The van der Waals surface area contributed by atoms with E-state index in [2.05, 4.69) is 5.32 Å². The molecule has 0 unspecified atom stereocenters. The number of rotatable bonds is 6. The first-order valence-corrected chi connectivity index (χ1v) is 8.34. The lowest BCUT2D eigenvalue weighted by Gasteiger charge is -2.12. The predicted molar refractivity (Wildman–Crippen MR) is 103 cm³/mol. The van der Waals surface area contributed by atoms with E-state index in [1.807, 2.05) is 36.4 Å². The standard InChI is InChI=1S/C21H18N2O4/c1-27-20-12-11-17(14-16(20)13-15-7-3-2-4-8-15)22-21(24)18-9-5-6-10-19(18)23(25)26/h2-12,14H,13H2,1H3,(H,22,24). The molecule has 3 rings (SSSR count). The largest absolute Gasteiger partial charge is 0.496 e. The van der Waals surface area contributed by atoms with Gasteiger partial charge in [0.05, 0.1) is 12.0 Å². The number of hydrogen-bond donors (Lipinski definition) is 1. The highest BCUT2D eigenvalue weighted by Gasteiger charge is 2.19. The minimum absolute atomic E-state index is 0.0166. The van der Waals surface area contributed by atoms with E-state index >= 15 is 0 Å². The van der Waals surface area contributed by atoms with Gasteiger partial charge in [0.1, 0.15) is 11.3 Å². The number of nitro groups is 1. The molecule has 3 aromatic rings. The van der Waals surface area contributed by atoms with E-state index in [1.165, 1.54) is 18.2 Å². The molecule has 0 bridgehead atoms. The van der Waals surface area contributed by atoms with E-state index < -0.39 is 10.8 Å². The molecule has 0 spiro atoms. The molecule has 0 aromatic heterocycles. The molecule has 0 aliphatic rings. The molecule has 6 nitrogen and oxygen atoms in total. The molecule has 0 aliphatic heterocycles. The number of hydrogen-bond acceptors (Lipinski definition) is 4. The Hall–Kier alpha value is -3.67. The lowest BCUT2D eigenvalue weighted by Crippen LogP contribution is -2.14. The smallest absolute Gasteiger partial charge is 0.282 e. The van der Waals surface area contributed by atoms with Gasteiger partial charge in [-0.3, -0.25) is 14.9 Å². The summed E-state index contributed by atoms with van der Waals surface area (Å²) in [6.45, 7) is 0. The maximum Gasteiger partial charge on any atom is 0.282 e. The average molecular weight is 362 g/mol. The van der Waals surface area contributed by atoms with Crippen LogP contribution in [0.3, 0.4) is 0 Å². The minimum Gasteiger partial charge on any atom is -0.496 e. The molecule has 6 heteroatoms. The molecule has 27 heavy (non-hydrogen) atoms. The van der Waals surface area contributed by atoms with Crippen LogP contribution in [-0.4, -0.2) is 17.9 Å². The van der Waals surface area contributed by atoms with Crippen LogP contribution in [-0.2, 0) is 6.42 Å². The Morgan fingerprint density at radius 2 is 1.74 bits per heavy atom. The highest BCUT2D eigenvalue weighted by molar-refractivity contribution is 6.07. The Balaban J connectivity index is 1.86. The van der Waals surface area contributed by atoms with Gasteiger partial charge >= 0.3 is 0 Å². The quantitative estimate of drug-likeness (QED) is 0.519. The minimum atomic E-state index is -0.566. The van der Waals surface area contributed by atoms with Crippen molar-refractivity contribution >= 4 is 17.3 Å². The number of nitrogens with one attached hydrogen (secondary N) is 1. The van der Waals surface area contributed by atoms with E-state index in [4.69, 9.17) is 4.74 Å². The second-order valence-corrected chi connectivity index (χ2v) is 5.92. The fourth-order valence-electron chi connectivity index (χ4n) is 2.83. The Morgan fingerprint density at radius 3 is 2.44 bits per heavy atom. The number of para-hydroxylation sites is 1. The topological polar surface area (TPSA) is 81.5 Å². The van der Waals surface area contributed by atoms with Crippen molar-refractivity contribution in [1.29, 1.82) is 0 Å². The molecule has 0 aliphatic carbocycles. The first kappa shape index (κ1) is 18.1. The number of ether oxygens (including phenoxy) is 1. The Labute approximate surface area is 156 Å². The number of amides is 1. The molecule has 0 fully saturated rings. The van der Waals surface area contributed by atoms with Crippen molar-refractivity contribution in [2.45, 2.75) is 6.42 Å². The van der Waals surface area contributed by atoms with Gasteiger partial charge in [-0.15, -0.1) is 0 Å². The van der Waals surface area contributed by atoms with Gasteiger partial charge in [-0.2, -0.15) is 0 Å². The second-order valence-electron chi connectivity index (χ2n) is 5.92. The molecule has 0 heterocycles. The Morgan fingerprint density at radius 1 is 1.04 bits per heavy atom. The third-order valence-electron chi connectivity index (χ3n) is 4.12. The molecule has 0 atom stereocenters. The number of carbonyl (C=O) groups is 1. The van der Waals surface area contributed by atoms with Crippen molar-refractivity contribution in [3.63, 3.8) is 0 Å². The summed E-state index contributed by atoms with van der Waals surface area (Å²) >= 11 is 0. The van der Waals surface area contributed by atoms with Crippen LogP contribution in [0.2, 0.25) is 0 Å². The van der Waals surface area contributed by atoms with E-state index in [1.54, 1.807) is 25.3 Å². The number of nitro benzene ring substituents is 1. The zero-order chi connectivity index (χ0) is 19.2. The van der Waals surface area contributed by atoms with Crippen molar-refractivity contribution in [2.24, 2.45) is 0 Å². The van der Waals surface area contributed by atoms with Crippen molar-refractivity contribution < 1.29 is 14.5 Å². The second kappa shape index (κ2) is 8.14. The zero-order valence-electron chi connectivity index (χ0n) is 14.7. The van der Waals surface area contributed by atoms with Gasteiger partial charge in [-0.05, 0) is 29.8 Å². The number of nitrogens with zero attached hydrogens (tertiary/aromatic N) is 1. The summed E-state index contributed by atoms with van der Waals surface area (Å²) in [7, 11) is 1.59. The maximum absolute atomic E-state index is 12.5. The summed E-state index contributed by atoms with van der Waals surface area (Å²) in [6, 6.07) is 21.1. The molecule has 0 radical (unpaired) electrons. The van der Waals surface area contributed by atoms with Crippen molar-refractivity contribution in [1.82, 2.24) is 0 Å². The van der Waals surface area contributed by atoms with Gasteiger partial charge in [0, 0.05) is 23.7 Å². The maximum atomic E-state index is 12.5. The van der Waals surface area contributed by atoms with Crippen LogP contribution in [0.5, 0.6) is 5.75 Å². The summed E-state index contributed by atoms with van der Waals surface area (Å²) in [5.74, 6) is 0.181. The first-order valence-electron chi connectivity index (χ1n) is 8.34. The van der Waals surface area contributed by atoms with E-state index in [-0.39, 0.29) is 11.3 Å². The van der Waals surface area contributed by atoms with Crippen molar-refractivity contribution in [3.8, 4) is 5.75 Å². The average Bonchev–Trinajstić information content (AvgIpc) is 2.69. The van der Waals surface area contributed by atoms with Crippen molar-refractivity contribution in [2.75, 3.05) is 12.4 Å². The van der Waals surface area contributed by atoms with Crippen LogP contribution in [0, 0.1) is 10.1 Å². The van der Waals surface area contributed by atoms with Crippen LogP contribution in [0.4, 0.5) is 11.4 Å². The van der Waals surface area contributed by atoms with Crippen LogP contribution in [0.1, 0.15) is 21.5 Å². The Bertz CT molecular complexity index is 971. The third kappa shape index (κ3) is 4.30. The van der Waals surface area contributed by atoms with Crippen LogP contribution >= 0.6 is 0 Å². The Kier molecular flexibility index (Phi) is 5.47. The number of methoxy groups -OCH3 is 1. The monoisotopic (exact) mass is 362 g/mol. The summed E-state index contributed by atoms with van der Waals surface area (Å²) in [4.78, 5) is 23.1. The van der Waals surface area contributed by atoms with E-state index in [9.17, 15) is 14.9 Å². The van der Waals surface area contributed by atoms with Gasteiger partial charge in [0.2, 0.25) is 0 Å². The van der Waals surface area contributed by atoms with Crippen LogP contribution in [0.15, 0.2) is 72.8 Å². The SMILES string of the molecule is COc1ccc(NC(=O)c2ccccc2[N+](=O)[O-])cc1Cc1ccccc1. The molecule has 1 N–H and O–H groups in total. The number of benzene rings is 3. The van der Waals surface area contributed by atoms with Gasteiger partial charge < -0.3 is 10.1 Å². The lowest BCUT2D eigenvalue weighted by atomic mass is 10.0. The first-order chi connectivity index (χ1) is 13.1. The summed E-state index contributed by atoms with van der Waals surface area (Å²) < 4.78 is 5.41. The van der Waals surface area contributed by atoms with Gasteiger partial charge in [-0.1, -0.05) is 42.5 Å². The summed E-state index contributed by atoms with van der Waals surface area (Å²) in [5.41, 5.74) is 2.35. The molecule has 136 valence electrons. The summed E-state index contributed by atoms with van der Waals surface area (Å²) in [5, 5.41) is 13.9. The zero-order valence-corrected chi connectivity index (χ0v) is 14.7. The van der Waals surface area contributed by atoms with Gasteiger partial charge in [0.15, 0.2) is 0 Å². The third-order valence-corrected chi connectivity index (χ3v) is 4.12. The highest BCUT2D eigenvalue weighted by atomic mass is 16.6. The highest BCUT2D eigenvalue weighted by Crippen LogP contribution is 2.26. The molecule has 3 aromatic carbocycles. The fourth-order valence-corrected chi connectivity index (χ4v) is 2.83. The van der Waals surface area contributed by atoms with E-state index in [0.717, 1.165) is 11.1 Å². The lowest BCUT2D eigenvalue weighted by molar-refractivity contribution is -0.385. The molecule has 0 saturated heterocycles. The summed E-state index contributed by atoms with van der Waals surface area (Å²) in [6.07, 6.45) is 0.638. The molecule has 1 amide bonds. The fraction of sp³-hybridized carbons (Fsp3) is 0.0952.